The van der Waals surface area contributed by atoms with E-state index < -0.39 is 0 Å². The lowest BCUT2D eigenvalue weighted by molar-refractivity contribution is -0.126. The highest BCUT2D eigenvalue weighted by Gasteiger charge is 2.35. The Morgan fingerprint density at radius 1 is 1.25 bits per heavy atom. The van der Waals surface area contributed by atoms with Crippen molar-refractivity contribution in [2.24, 2.45) is 5.92 Å². The minimum atomic E-state index is -0.377. The molecule has 0 bridgehead atoms. The standard InChI is InChI=1S/C17H16N2O5/c20-16-6-11(17(21)18-8-13-2-1-5-22-13)9-19(16)12-3-4-14-15(7-12)24-10-23-14/h1-5,7,11H,6,8-10H2,(H,18,21). The maximum atomic E-state index is 12.3. The summed E-state index contributed by atoms with van der Waals surface area (Å²) in [4.78, 5) is 26.2. The van der Waals surface area contributed by atoms with Crippen LogP contribution >= 0.6 is 0 Å². The van der Waals surface area contributed by atoms with Gasteiger partial charge < -0.3 is 24.1 Å². The smallest absolute Gasteiger partial charge is 0.231 e. The summed E-state index contributed by atoms with van der Waals surface area (Å²) in [5.74, 6) is 1.36. The molecule has 7 nitrogen and oxygen atoms in total. The number of hydrogen-bond donors (Lipinski definition) is 1. The molecule has 2 aromatic rings. The number of carbonyl (C=O) groups is 2. The van der Waals surface area contributed by atoms with Crippen LogP contribution in [0.15, 0.2) is 41.0 Å². The van der Waals surface area contributed by atoms with E-state index in [0.717, 1.165) is 0 Å². The van der Waals surface area contributed by atoms with Crippen LogP contribution < -0.4 is 19.7 Å². The number of benzene rings is 1. The minimum Gasteiger partial charge on any atom is -0.467 e. The molecule has 24 heavy (non-hydrogen) atoms. The molecule has 2 amide bonds. The average Bonchev–Trinajstić information content (AvgIpc) is 3.32. The quantitative estimate of drug-likeness (QED) is 0.923. The van der Waals surface area contributed by atoms with Gasteiger partial charge in [0.05, 0.1) is 18.7 Å². The summed E-state index contributed by atoms with van der Waals surface area (Å²) in [7, 11) is 0. The van der Waals surface area contributed by atoms with E-state index in [9.17, 15) is 9.59 Å². The normalized spacial score (nSPS) is 18.9. The molecule has 1 aromatic heterocycles. The third-order valence-electron chi connectivity index (χ3n) is 4.18. The second-order valence-corrected chi connectivity index (χ2v) is 5.74. The fourth-order valence-electron chi connectivity index (χ4n) is 2.92. The molecule has 7 heteroatoms. The molecule has 124 valence electrons. The summed E-state index contributed by atoms with van der Waals surface area (Å²) in [6, 6.07) is 8.90. The molecule has 4 rings (SSSR count). The number of fused-ring (bicyclic) bond motifs is 1. The largest absolute Gasteiger partial charge is 0.467 e. The highest BCUT2D eigenvalue weighted by atomic mass is 16.7. The lowest BCUT2D eigenvalue weighted by atomic mass is 10.1. The Kier molecular flexibility index (Phi) is 3.60. The van der Waals surface area contributed by atoms with Crippen LogP contribution in [0.2, 0.25) is 0 Å². The lowest BCUT2D eigenvalue weighted by Gasteiger charge is -2.17. The zero-order valence-corrected chi connectivity index (χ0v) is 12.9. The van der Waals surface area contributed by atoms with Crippen molar-refractivity contribution in [3.63, 3.8) is 0 Å². The number of furan rings is 1. The summed E-state index contributed by atoms with van der Waals surface area (Å²) in [5.41, 5.74) is 0.714. The Hall–Kier alpha value is -2.96. The summed E-state index contributed by atoms with van der Waals surface area (Å²) in [6.07, 6.45) is 1.75. The van der Waals surface area contributed by atoms with Crippen molar-refractivity contribution in [2.45, 2.75) is 13.0 Å². The van der Waals surface area contributed by atoms with Gasteiger partial charge in [-0.2, -0.15) is 0 Å². The Labute approximate surface area is 138 Å². The maximum Gasteiger partial charge on any atom is 0.231 e. The molecule has 1 aromatic carbocycles. The topological polar surface area (TPSA) is 81.0 Å². The number of anilines is 1. The number of hydrogen-bond acceptors (Lipinski definition) is 5. The molecule has 2 aliphatic heterocycles. The van der Waals surface area contributed by atoms with Crippen LogP contribution in [0.4, 0.5) is 5.69 Å². The van der Waals surface area contributed by atoms with E-state index in [1.54, 1.807) is 41.5 Å². The molecule has 1 atom stereocenters. The summed E-state index contributed by atoms with van der Waals surface area (Å²) >= 11 is 0. The number of ether oxygens (including phenoxy) is 2. The highest BCUT2D eigenvalue weighted by Crippen LogP contribution is 2.37. The van der Waals surface area contributed by atoms with Crippen LogP contribution in [-0.4, -0.2) is 25.2 Å². The van der Waals surface area contributed by atoms with Crippen molar-refractivity contribution in [3.8, 4) is 11.5 Å². The van der Waals surface area contributed by atoms with Crippen molar-refractivity contribution in [1.82, 2.24) is 5.32 Å². The Balaban J connectivity index is 1.42. The Morgan fingerprint density at radius 3 is 2.96 bits per heavy atom. The van der Waals surface area contributed by atoms with E-state index in [0.29, 0.717) is 36.0 Å². The van der Waals surface area contributed by atoms with Crippen LogP contribution in [0, 0.1) is 5.92 Å². The van der Waals surface area contributed by atoms with Crippen molar-refractivity contribution < 1.29 is 23.5 Å². The summed E-state index contributed by atoms with van der Waals surface area (Å²) in [5, 5.41) is 2.80. The number of amides is 2. The molecule has 2 aliphatic rings. The molecular formula is C17H16N2O5. The van der Waals surface area contributed by atoms with E-state index in [2.05, 4.69) is 5.32 Å². The Bertz CT molecular complexity index is 771. The zero-order valence-electron chi connectivity index (χ0n) is 12.9. The third-order valence-corrected chi connectivity index (χ3v) is 4.18. The third kappa shape index (κ3) is 2.68. The lowest BCUT2D eigenvalue weighted by Crippen LogP contribution is -2.32. The maximum absolute atomic E-state index is 12.3. The van der Waals surface area contributed by atoms with Gasteiger partial charge in [0.15, 0.2) is 11.5 Å². The molecular weight excluding hydrogens is 312 g/mol. The van der Waals surface area contributed by atoms with Crippen LogP contribution in [0.1, 0.15) is 12.2 Å². The van der Waals surface area contributed by atoms with E-state index >= 15 is 0 Å². The fourth-order valence-corrected chi connectivity index (χ4v) is 2.92. The van der Waals surface area contributed by atoms with Crippen molar-refractivity contribution in [3.05, 3.63) is 42.4 Å². The van der Waals surface area contributed by atoms with E-state index in [-0.39, 0.29) is 30.9 Å². The van der Waals surface area contributed by atoms with Gasteiger partial charge in [0.2, 0.25) is 18.6 Å². The van der Waals surface area contributed by atoms with Crippen molar-refractivity contribution in [1.29, 1.82) is 0 Å². The van der Waals surface area contributed by atoms with Crippen LogP contribution in [0.3, 0.4) is 0 Å². The van der Waals surface area contributed by atoms with Crippen LogP contribution in [0.5, 0.6) is 11.5 Å². The highest BCUT2D eigenvalue weighted by molar-refractivity contribution is 6.00. The number of rotatable bonds is 4. The number of carbonyl (C=O) groups excluding carboxylic acids is 2. The second kappa shape index (κ2) is 5.92. The van der Waals surface area contributed by atoms with Gasteiger partial charge in [0.1, 0.15) is 5.76 Å². The van der Waals surface area contributed by atoms with Gasteiger partial charge in [-0.3, -0.25) is 9.59 Å². The van der Waals surface area contributed by atoms with Gasteiger partial charge in [-0.25, -0.2) is 0 Å². The SMILES string of the molecule is O=C(NCc1ccco1)C1CC(=O)N(c2ccc3c(c2)OCO3)C1. The zero-order chi connectivity index (χ0) is 16.5. The molecule has 3 heterocycles. The minimum absolute atomic E-state index is 0.0768. The second-order valence-electron chi connectivity index (χ2n) is 5.74. The monoisotopic (exact) mass is 328 g/mol. The Morgan fingerprint density at radius 2 is 2.12 bits per heavy atom. The van der Waals surface area contributed by atoms with Gasteiger partial charge >= 0.3 is 0 Å². The first kappa shape index (κ1) is 14.6. The van der Waals surface area contributed by atoms with Gasteiger partial charge in [-0.15, -0.1) is 0 Å². The fraction of sp³-hybridized carbons (Fsp3) is 0.294. The first-order valence-corrected chi connectivity index (χ1v) is 7.71. The van der Waals surface area contributed by atoms with Gasteiger partial charge in [0.25, 0.3) is 0 Å². The molecule has 1 N–H and O–H groups in total. The molecule has 0 radical (unpaired) electrons. The molecule has 1 fully saturated rings. The van der Waals surface area contributed by atoms with Crippen molar-refractivity contribution >= 4 is 17.5 Å². The van der Waals surface area contributed by atoms with E-state index in [1.807, 2.05) is 0 Å². The first-order valence-electron chi connectivity index (χ1n) is 7.71. The molecule has 0 spiro atoms. The first-order chi connectivity index (χ1) is 11.7. The van der Waals surface area contributed by atoms with Gasteiger partial charge in [0, 0.05) is 24.7 Å². The number of nitrogens with one attached hydrogen (secondary N) is 1. The van der Waals surface area contributed by atoms with Crippen molar-refractivity contribution in [2.75, 3.05) is 18.2 Å². The predicted octanol–water partition coefficient (Wildman–Crippen LogP) is 1.68. The molecule has 0 aliphatic carbocycles. The number of nitrogens with zero attached hydrogens (tertiary/aromatic N) is 1. The molecule has 1 saturated heterocycles. The molecule has 1 unspecified atom stereocenters. The predicted molar refractivity (Wildman–Crippen MR) is 83.6 cm³/mol. The van der Waals surface area contributed by atoms with E-state index in [4.69, 9.17) is 13.9 Å². The molecule has 0 saturated carbocycles. The van der Waals surface area contributed by atoms with Gasteiger partial charge in [-0.05, 0) is 24.3 Å². The summed E-state index contributed by atoms with van der Waals surface area (Å²) < 4.78 is 15.8. The van der Waals surface area contributed by atoms with Gasteiger partial charge in [-0.1, -0.05) is 0 Å². The van der Waals surface area contributed by atoms with Crippen LogP contribution in [0.25, 0.3) is 0 Å². The average molecular weight is 328 g/mol. The summed E-state index contributed by atoms with van der Waals surface area (Å²) in [6.45, 7) is 0.855. The van der Waals surface area contributed by atoms with E-state index in [1.165, 1.54) is 0 Å². The van der Waals surface area contributed by atoms with Crippen LogP contribution in [-0.2, 0) is 16.1 Å².